The van der Waals surface area contributed by atoms with Crippen LogP contribution in [-0.4, -0.2) is 6.10 Å². The molecule has 0 radical (unpaired) electrons. The minimum atomic E-state index is 0.137. The van der Waals surface area contributed by atoms with E-state index in [0.29, 0.717) is 5.92 Å². The number of para-hydroxylation sites is 1. The van der Waals surface area contributed by atoms with Gasteiger partial charge in [0.15, 0.2) is 0 Å². The summed E-state index contributed by atoms with van der Waals surface area (Å²) in [6, 6.07) is 18.8. The first-order valence-electron chi connectivity index (χ1n) is 6.63. The summed E-state index contributed by atoms with van der Waals surface area (Å²) in [5.41, 5.74) is 3.79. The van der Waals surface area contributed by atoms with E-state index in [1.807, 2.05) is 12.1 Å². The number of hydrogen-bond donors (Lipinski definition) is 0. The first kappa shape index (κ1) is 10.6. The number of hydrogen-bond acceptors (Lipinski definition) is 1. The van der Waals surface area contributed by atoms with Crippen molar-refractivity contribution in [1.82, 2.24) is 0 Å². The molecule has 0 spiro atoms. The number of ether oxygens (including phenoxy) is 1. The third-order valence-electron chi connectivity index (χ3n) is 3.83. The number of benzene rings is 2. The Labute approximate surface area is 112 Å². The SMILES string of the molecule is C1=CC2c3ccccc3OC2C=C1c1ccccc1. The van der Waals surface area contributed by atoms with Gasteiger partial charge in [0, 0.05) is 11.5 Å². The van der Waals surface area contributed by atoms with Crippen molar-refractivity contribution in [2.45, 2.75) is 12.0 Å². The van der Waals surface area contributed by atoms with Crippen molar-refractivity contribution in [2.75, 3.05) is 0 Å². The average molecular weight is 246 g/mol. The van der Waals surface area contributed by atoms with Crippen LogP contribution in [-0.2, 0) is 0 Å². The fourth-order valence-electron chi connectivity index (χ4n) is 2.87. The summed E-state index contributed by atoms with van der Waals surface area (Å²) in [6.45, 7) is 0. The summed E-state index contributed by atoms with van der Waals surface area (Å²) >= 11 is 0. The Balaban J connectivity index is 1.72. The second-order valence-corrected chi connectivity index (χ2v) is 4.99. The molecular formula is C18H14O. The van der Waals surface area contributed by atoms with E-state index in [1.54, 1.807) is 0 Å². The molecule has 2 aliphatic rings. The minimum absolute atomic E-state index is 0.137. The first-order chi connectivity index (χ1) is 9.42. The Bertz CT molecular complexity index is 667. The molecule has 0 saturated heterocycles. The summed E-state index contributed by atoms with van der Waals surface area (Å²) in [7, 11) is 0. The zero-order valence-electron chi connectivity index (χ0n) is 10.5. The van der Waals surface area contributed by atoms with Crippen LogP contribution in [0, 0.1) is 0 Å². The summed E-state index contributed by atoms with van der Waals surface area (Å²) in [5.74, 6) is 1.39. The molecule has 1 heterocycles. The highest BCUT2D eigenvalue weighted by Gasteiger charge is 2.32. The molecule has 2 aromatic carbocycles. The van der Waals surface area contributed by atoms with Crippen LogP contribution in [0.3, 0.4) is 0 Å². The molecule has 0 N–H and O–H groups in total. The molecular weight excluding hydrogens is 232 g/mol. The largest absolute Gasteiger partial charge is 0.485 e. The molecule has 0 fully saturated rings. The maximum Gasteiger partial charge on any atom is 0.128 e. The fourth-order valence-corrected chi connectivity index (χ4v) is 2.87. The highest BCUT2D eigenvalue weighted by Crippen LogP contribution is 2.42. The maximum absolute atomic E-state index is 6.03. The van der Waals surface area contributed by atoms with Crippen molar-refractivity contribution in [3.05, 3.63) is 84.0 Å². The molecule has 92 valence electrons. The third kappa shape index (κ3) is 1.70. The van der Waals surface area contributed by atoms with Gasteiger partial charge in [0.05, 0.1) is 0 Å². The molecule has 2 atom stereocenters. The van der Waals surface area contributed by atoms with Gasteiger partial charge >= 0.3 is 0 Å². The van der Waals surface area contributed by atoms with Crippen LogP contribution in [0.25, 0.3) is 5.57 Å². The lowest BCUT2D eigenvalue weighted by Crippen LogP contribution is -2.17. The molecule has 0 saturated carbocycles. The van der Waals surface area contributed by atoms with Crippen molar-refractivity contribution >= 4 is 5.57 Å². The van der Waals surface area contributed by atoms with Crippen molar-refractivity contribution < 1.29 is 4.74 Å². The van der Waals surface area contributed by atoms with Crippen molar-refractivity contribution in [3.63, 3.8) is 0 Å². The molecule has 0 aromatic heterocycles. The fraction of sp³-hybridized carbons (Fsp3) is 0.111. The molecule has 4 rings (SSSR count). The Kier molecular flexibility index (Phi) is 2.31. The van der Waals surface area contributed by atoms with E-state index in [-0.39, 0.29) is 6.10 Å². The summed E-state index contributed by atoms with van der Waals surface area (Å²) in [5, 5.41) is 0. The van der Waals surface area contributed by atoms with E-state index < -0.39 is 0 Å². The van der Waals surface area contributed by atoms with Crippen LogP contribution in [0.2, 0.25) is 0 Å². The van der Waals surface area contributed by atoms with Crippen molar-refractivity contribution in [3.8, 4) is 5.75 Å². The predicted octanol–water partition coefficient (Wildman–Crippen LogP) is 4.18. The minimum Gasteiger partial charge on any atom is -0.485 e. The average Bonchev–Trinajstić information content (AvgIpc) is 2.86. The lowest BCUT2D eigenvalue weighted by molar-refractivity contribution is 0.269. The van der Waals surface area contributed by atoms with E-state index in [2.05, 4.69) is 60.7 Å². The number of rotatable bonds is 1. The smallest absolute Gasteiger partial charge is 0.128 e. The van der Waals surface area contributed by atoms with E-state index in [9.17, 15) is 0 Å². The van der Waals surface area contributed by atoms with Crippen LogP contribution >= 0.6 is 0 Å². The van der Waals surface area contributed by atoms with Gasteiger partial charge in [-0.1, -0.05) is 60.7 Å². The molecule has 1 nitrogen and oxygen atoms in total. The Hall–Kier alpha value is -2.28. The lowest BCUT2D eigenvalue weighted by atomic mass is 9.88. The van der Waals surface area contributed by atoms with Gasteiger partial charge in [0.2, 0.25) is 0 Å². The topological polar surface area (TPSA) is 9.23 Å². The zero-order valence-corrected chi connectivity index (χ0v) is 10.5. The highest BCUT2D eigenvalue weighted by molar-refractivity contribution is 5.76. The third-order valence-corrected chi connectivity index (χ3v) is 3.83. The molecule has 1 aliphatic heterocycles. The second-order valence-electron chi connectivity index (χ2n) is 4.99. The Morgan fingerprint density at radius 1 is 0.842 bits per heavy atom. The van der Waals surface area contributed by atoms with E-state index in [0.717, 1.165) is 5.75 Å². The Morgan fingerprint density at radius 2 is 1.63 bits per heavy atom. The van der Waals surface area contributed by atoms with Gasteiger partial charge in [-0.25, -0.2) is 0 Å². The van der Waals surface area contributed by atoms with Gasteiger partial charge in [-0.3, -0.25) is 0 Å². The predicted molar refractivity (Wildman–Crippen MR) is 77.2 cm³/mol. The molecule has 1 heteroatoms. The first-order valence-corrected chi connectivity index (χ1v) is 6.63. The molecule has 19 heavy (non-hydrogen) atoms. The van der Waals surface area contributed by atoms with Gasteiger partial charge in [0.25, 0.3) is 0 Å². The highest BCUT2D eigenvalue weighted by atomic mass is 16.5. The van der Waals surface area contributed by atoms with Gasteiger partial charge in [-0.2, -0.15) is 0 Å². The number of fused-ring (bicyclic) bond motifs is 3. The monoisotopic (exact) mass is 246 g/mol. The molecule has 0 bridgehead atoms. The van der Waals surface area contributed by atoms with Crippen molar-refractivity contribution in [2.24, 2.45) is 0 Å². The normalized spacial score (nSPS) is 23.3. The van der Waals surface area contributed by atoms with E-state index in [4.69, 9.17) is 4.74 Å². The molecule has 2 aromatic rings. The van der Waals surface area contributed by atoms with Crippen molar-refractivity contribution in [1.29, 1.82) is 0 Å². The summed E-state index contributed by atoms with van der Waals surface area (Å²) < 4.78 is 6.03. The Morgan fingerprint density at radius 3 is 2.53 bits per heavy atom. The quantitative estimate of drug-likeness (QED) is 0.733. The molecule has 1 aliphatic carbocycles. The second kappa shape index (κ2) is 4.13. The van der Waals surface area contributed by atoms with Crippen LogP contribution in [0.5, 0.6) is 5.75 Å². The van der Waals surface area contributed by atoms with Crippen LogP contribution in [0.15, 0.2) is 72.8 Å². The van der Waals surface area contributed by atoms with E-state index in [1.165, 1.54) is 16.7 Å². The van der Waals surface area contributed by atoms with Crippen LogP contribution < -0.4 is 4.74 Å². The van der Waals surface area contributed by atoms with E-state index >= 15 is 0 Å². The zero-order chi connectivity index (χ0) is 12.7. The lowest BCUT2D eigenvalue weighted by Gasteiger charge is -2.18. The molecule has 0 amide bonds. The van der Waals surface area contributed by atoms with Crippen LogP contribution in [0.4, 0.5) is 0 Å². The summed E-state index contributed by atoms with van der Waals surface area (Å²) in [6.07, 6.45) is 6.85. The van der Waals surface area contributed by atoms with Gasteiger partial charge < -0.3 is 4.74 Å². The van der Waals surface area contributed by atoms with Crippen LogP contribution in [0.1, 0.15) is 17.0 Å². The van der Waals surface area contributed by atoms with Gasteiger partial charge in [0.1, 0.15) is 11.9 Å². The van der Waals surface area contributed by atoms with Gasteiger partial charge in [-0.05, 0) is 23.3 Å². The standard InChI is InChI=1S/C18H14O/c1-2-6-13(7-3-1)14-10-11-16-15-8-4-5-9-17(15)19-18(16)12-14/h1-12,16,18H. The summed E-state index contributed by atoms with van der Waals surface area (Å²) in [4.78, 5) is 0. The molecule has 2 unspecified atom stereocenters. The maximum atomic E-state index is 6.03. The number of allylic oxidation sites excluding steroid dienone is 2. The van der Waals surface area contributed by atoms with Gasteiger partial charge in [-0.15, -0.1) is 0 Å².